The van der Waals surface area contributed by atoms with E-state index >= 15 is 0 Å². The molecule has 1 aliphatic heterocycles. The second-order valence-electron chi connectivity index (χ2n) is 7.76. The number of fused-ring (bicyclic) bond motifs is 1. The van der Waals surface area contributed by atoms with Crippen LogP contribution in [0.2, 0.25) is 5.02 Å². The van der Waals surface area contributed by atoms with Gasteiger partial charge in [0.25, 0.3) is 0 Å². The largest absolute Gasteiger partial charge is 0.383 e. The van der Waals surface area contributed by atoms with Gasteiger partial charge >= 0.3 is 0 Å². The third-order valence-corrected chi connectivity index (χ3v) is 5.79. The second kappa shape index (κ2) is 9.30. The van der Waals surface area contributed by atoms with E-state index in [1.54, 1.807) is 22.9 Å². The van der Waals surface area contributed by atoms with E-state index in [1.807, 2.05) is 18.2 Å². The van der Waals surface area contributed by atoms with Gasteiger partial charge in [0, 0.05) is 36.8 Å². The Morgan fingerprint density at radius 3 is 2.64 bits per heavy atom. The van der Waals surface area contributed by atoms with E-state index in [9.17, 15) is 4.39 Å². The Bertz CT molecular complexity index is 1270. The van der Waals surface area contributed by atoms with Gasteiger partial charge in [-0.25, -0.2) is 14.1 Å². The Labute approximate surface area is 195 Å². The number of rotatable bonds is 6. The van der Waals surface area contributed by atoms with Crippen molar-refractivity contribution in [2.45, 2.75) is 0 Å². The molecule has 0 spiro atoms. The van der Waals surface area contributed by atoms with Gasteiger partial charge in [0.2, 0.25) is 5.95 Å². The van der Waals surface area contributed by atoms with E-state index in [0.29, 0.717) is 45.7 Å². The van der Waals surface area contributed by atoms with Gasteiger partial charge in [-0.2, -0.15) is 4.98 Å². The summed E-state index contributed by atoms with van der Waals surface area (Å²) in [6.45, 7) is 4.85. The summed E-state index contributed by atoms with van der Waals surface area (Å²) in [6.07, 6.45) is 0. The zero-order valence-electron chi connectivity index (χ0n) is 17.8. The quantitative estimate of drug-likeness (QED) is 0.447. The molecule has 4 aromatic rings. The number of nitrogens with zero attached hydrogens (tertiary/aromatic N) is 5. The lowest BCUT2D eigenvalue weighted by Gasteiger charge is -2.26. The van der Waals surface area contributed by atoms with Crippen molar-refractivity contribution in [2.24, 2.45) is 0 Å². The summed E-state index contributed by atoms with van der Waals surface area (Å²) in [5, 5.41) is 9.10. The van der Waals surface area contributed by atoms with Gasteiger partial charge in [-0.05, 0) is 36.4 Å². The highest BCUT2D eigenvalue weighted by Crippen LogP contribution is 2.33. The lowest BCUT2D eigenvalue weighted by atomic mass is 10.1. The molecule has 1 aliphatic rings. The zero-order chi connectivity index (χ0) is 22.8. The molecule has 0 unspecified atom stereocenters. The molecule has 33 heavy (non-hydrogen) atoms. The topological polar surface area (TPSA) is 94.1 Å². The first-order valence-electron chi connectivity index (χ1n) is 10.7. The Morgan fingerprint density at radius 2 is 1.88 bits per heavy atom. The summed E-state index contributed by atoms with van der Waals surface area (Å²) < 4.78 is 20.4. The highest BCUT2D eigenvalue weighted by molar-refractivity contribution is 6.30. The number of nitrogens with one attached hydrogen (secondary N) is 1. The van der Waals surface area contributed by atoms with Gasteiger partial charge in [-0.1, -0.05) is 23.7 Å². The minimum Gasteiger partial charge on any atom is -0.383 e. The number of morpholine rings is 1. The van der Waals surface area contributed by atoms with Crippen LogP contribution in [0.15, 0.2) is 48.5 Å². The number of nitrogen functional groups attached to an aromatic ring is 1. The molecule has 0 bridgehead atoms. The average molecular weight is 468 g/mol. The zero-order valence-corrected chi connectivity index (χ0v) is 18.6. The molecule has 3 N–H and O–H groups in total. The van der Waals surface area contributed by atoms with Crippen LogP contribution in [0.25, 0.3) is 28.0 Å². The Kier molecular flexibility index (Phi) is 6.08. The fraction of sp³-hybridized carbons (Fsp3) is 0.261. The van der Waals surface area contributed by atoms with Crippen LogP contribution in [0.4, 0.5) is 16.2 Å². The van der Waals surface area contributed by atoms with E-state index in [0.717, 1.165) is 38.4 Å². The minimum atomic E-state index is -0.333. The predicted octanol–water partition coefficient (Wildman–Crippen LogP) is 3.60. The van der Waals surface area contributed by atoms with Crippen molar-refractivity contribution in [1.29, 1.82) is 0 Å². The van der Waals surface area contributed by atoms with Crippen LogP contribution in [-0.2, 0) is 4.74 Å². The fourth-order valence-electron chi connectivity index (χ4n) is 3.87. The molecular weight excluding hydrogens is 445 g/mol. The molecule has 10 heteroatoms. The number of benzene rings is 2. The third-order valence-electron chi connectivity index (χ3n) is 5.55. The van der Waals surface area contributed by atoms with Crippen LogP contribution in [0.3, 0.4) is 0 Å². The smallest absolute Gasteiger partial charge is 0.225 e. The summed E-state index contributed by atoms with van der Waals surface area (Å²) in [7, 11) is 0. The number of nitrogens with two attached hydrogens (primary N) is 1. The summed E-state index contributed by atoms with van der Waals surface area (Å²) >= 11 is 6.25. The van der Waals surface area contributed by atoms with Crippen molar-refractivity contribution in [2.75, 3.05) is 50.4 Å². The van der Waals surface area contributed by atoms with Crippen LogP contribution in [0.1, 0.15) is 0 Å². The number of aromatic nitrogens is 4. The maximum absolute atomic E-state index is 13.4. The van der Waals surface area contributed by atoms with Crippen LogP contribution in [-0.4, -0.2) is 64.0 Å². The maximum atomic E-state index is 13.4. The predicted molar refractivity (Wildman–Crippen MR) is 127 cm³/mol. The molecule has 0 aliphatic carbocycles. The first-order valence-corrected chi connectivity index (χ1v) is 11.1. The Morgan fingerprint density at radius 1 is 1.09 bits per heavy atom. The molecule has 3 heterocycles. The number of anilines is 2. The highest BCUT2D eigenvalue weighted by Gasteiger charge is 2.20. The van der Waals surface area contributed by atoms with Gasteiger partial charge in [0.05, 0.1) is 30.0 Å². The fourth-order valence-corrected chi connectivity index (χ4v) is 4.06. The standard InChI is InChI=1S/C23H23ClFN7O/c24-16-3-1-2-15(14-16)20-19-21(26)32(18-6-4-17(25)5-7-18)30-22(19)29-23(28-20)27-8-9-31-10-12-33-13-11-31/h1-7,14H,8-13,26H2,(H,27,29,30). The van der Waals surface area contributed by atoms with E-state index < -0.39 is 0 Å². The Balaban J connectivity index is 1.54. The normalized spacial score (nSPS) is 14.6. The molecule has 0 saturated carbocycles. The number of hydrogen-bond donors (Lipinski definition) is 2. The van der Waals surface area contributed by atoms with Crippen molar-refractivity contribution in [3.8, 4) is 16.9 Å². The summed E-state index contributed by atoms with van der Waals surface area (Å²) in [6, 6.07) is 13.4. The van der Waals surface area contributed by atoms with E-state index in [-0.39, 0.29) is 5.82 Å². The molecule has 0 amide bonds. The SMILES string of the molecule is Nc1c2c(-c3cccc(Cl)c3)nc(NCCN3CCOCC3)nc2nn1-c1ccc(F)cc1. The maximum Gasteiger partial charge on any atom is 0.225 e. The van der Waals surface area contributed by atoms with Crippen molar-refractivity contribution in [3.05, 3.63) is 59.4 Å². The molecule has 2 aromatic heterocycles. The highest BCUT2D eigenvalue weighted by atomic mass is 35.5. The van der Waals surface area contributed by atoms with Gasteiger partial charge in [-0.15, -0.1) is 5.10 Å². The average Bonchev–Trinajstić information content (AvgIpc) is 3.16. The molecule has 5 rings (SSSR count). The molecular formula is C23H23ClFN7O. The van der Waals surface area contributed by atoms with Crippen LogP contribution in [0, 0.1) is 5.82 Å². The van der Waals surface area contributed by atoms with Gasteiger partial charge in [0.1, 0.15) is 11.6 Å². The molecule has 1 saturated heterocycles. The molecule has 2 aromatic carbocycles. The van der Waals surface area contributed by atoms with Crippen molar-refractivity contribution >= 4 is 34.4 Å². The van der Waals surface area contributed by atoms with Crippen LogP contribution >= 0.6 is 11.6 Å². The third kappa shape index (κ3) is 4.61. The van der Waals surface area contributed by atoms with E-state index in [1.165, 1.54) is 12.1 Å². The molecule has 170 valence electrons. The molecule has 8 nitrogen and oxygen atoms in total. The first kappa shape index (κ1) is 21.6. The van der Waals surface area contributed by atoms with Crippen molar-refractivity contribution in [3.63, 3.8) is 0 Å². The first-order chi connectivity index (χ1) is 16.1. The summed E-state index contributed by atoms with van der Waals surface area (Å²) in [5.41, 5.74) is 8.99. The van der Waals surface area contributed by atoms with E-state index in [2.05, 4.69) is 20.3 Å². The van der Waals surface area contributed by atoms with Crippen LogP contribution in [0.5, 0.6) is 0 Å². The summed E-state index contributed by atoms with van der Waals surface area (Å²) in [4.78, 5) is 11.7. The monoisotopic (exact) mass is 467 g/mol. The lowest BCUT2D eigenvalue weighted by molar-refractivity contribution is 0.0398. The second-order valence-corrected chi connectivity index (χ2v) is 8.20. The molecule has 0 radical (unpaired) electrons. The Hall–Kier alpha value is -3.27. The molecule has 1 fully saturated rings. The van der Waals surface area contributed by atoms with Crippen molar-refractivity contribution in [1.82, 2.24) is 24.6 Å². The van der Waals surface area contributed by atoms with Gasteiger partial charge < -0.3 is 15.8 Å². The molecule has 0 atom stereocenters. The number of hydrogen-bond acceptors (Lipinski definition) is 7. The van der Waals surface area contributed by atoms with Crippen molar-refractivity contribution < 1.29 is 9.13 Å². The number of ether oxygens (including phenoxy) is 1. The minimum absolute atomic E-state index is 0.333. The van der Waals surface area contributed by atoms with E-state index in [4.69, 9.17) is 27.1 Å². The summed E-state index contributed by atoms with van der Waals surface area (Å²) in [5.74, 6) is 0.487. The number of halogens is 2. The van der Waals surface area contributed by atoms with Crippen LogP contribution < -0.4 is 11.1 Å². The van der Waals surface area contributed by atoms with Gasteiger partial charge in [-0.3, -0.25) is 4.90 Å². The van der Waals surface area contributed by atoms with Gasteiger partial charge in [0.15, 0.2) is 5.65 Å². The lowest BCUT2D eigenvalue weighted by Crippen LogP contribution is -2.39.